The molecule has 0 bridgehead atoms. The SMILES string of the molecule is CNCc1c(C)nn(C)c1N1CCC(CC(N)=O)CC1. The Morgan fingerprint density at radius 2 is 2.10 bits per heavy atom. The monoisotopic (exact) mass is 279 g/mol. The van der Waals surface area contributed by atoms with E-state index in [1.54, 1.807) is 0 Å². The summed E-state index contributed by atoms with van der Waals surface area (Å²) in [5, 5.41) is 7.74. The molecule has 2 rings (SSSR count). The summed E-state index contributed by atoms with van der Waals surface area (Å²) in [6.07, 6.45) is 2.56. The Kier molecular flexibility index (Phi) is 4.65. The first kappa shape index (κ1) is 14.8. The Labute approximate surface area is 120 Å². The first-order valence-electron chi connectivity index (χ1n) is 7.23. The van der Waals surface area contributed by atoms with Gasteiger partial charge in [0.2, 0.25) is 5.91 Å². The number of carbonyl (C=O) groups excluding carboxylic acids is 1. The minimum Gasteiger partial charge on any atom is -0.370 e. The van der Waals surface area contributed by atoms with Gasteiger partial charge in [-0.25, -0.2) is 0 Å². The van der Waals surface area contributed by atoms with Crippen LogP contribution in [0.25, 0.3) is 0 Å². The fourth-order valence-electron chi connectivity index (χ4n) is 3.10. The van der Waals surface area contributed by atoms with E-state index < -0.39 is 0 Å². The van der Waals surface area contributed by atoms with E-state index in [0.717, 1.165) is 38.2 Å². The molecular weight excluding hydrogens is 254 g/mol. The van der Waals surface area contributed by atoms with Crippen molar-refractivity contribution in [2.45, 2.75) is 32.7 Å². The van der Waals surface area contributed by atoms with Crippen molar-refractivity contribution in [2.24, 2.45) is 18.7 Å². The van der Waals surface area contributed by atoms with E-state index in [1.807, 2.05) is 18.8 Å². The van der Waals surface area contributed by atoms with E-state index in [2.05, 4.69) is 22.2 Å². The van der Waals surface area contributed by atoms with Crippen LogP contribution in [0.2, 0.25) is 0 Å². The maximum atomic E-state index is 11.0. The summed E-state index contributed by atoms with van der Waals surface area (Å²) in [4.78, 5) is 13.4. The van der Waals surface area contributed by atoms with Gasteiger partial charge in [-0.15, -0.1) is 0 Å². The minimum atomic E-state index is -0.185. The lowest BCUT2D eigenvalue weighted by Crippen LogP contribution is -2.36. The van der Waals surface area contributed by atoms with Crippen molar-refractivity contribution in [3.05, 3.63) is 11.3 Å². The standard InChI is InChI=1S/C14H25N5O/c1-10-12(9-16-2)14(18(3)17-10)19-6-4-11(5-7-19)8-13(15)20/h11,16H,4-9H2,1-3H3,(H2,15,20). The first-order valence-corrected chi connectivity index (χ1v) is 7.23. The van der Waals surface area contributed by atoms with Gasteiger partial charge >= 0.3 is 0 Å². The molecule has 3 N–H and O–H groups in total. The summed E-state index contributed by atoms with van der Waals surface area (Å²) in [6, 6.07) is 0. The molecule has 1 fully saturated rings. The molecule has 1 aromatic rings. The molecule has 112 valence electrons. The van der Waals surface area contributed by atoms with Gasteiger partial charge in [-0.2, -0.15) is 5.10 Å². The Hall–Kier alpha value is -1.56. The van der Waals surface area contributed by atoms with Gasteiger partial charge in [0, 0.05) is 38.7 Å². The molecular formula is C14H25N5O. The average Bonchev–Trinajstić information content (AvgIpc) is 2.65. The van der Waals surface area contributed by atoms with E-state index in [1.165, 1.54) is 11.4 Å². The van der Waals surface area contributed by atoms with Gasteiger partial charge in [0.15, 0.2) is 0 Å². The van der Waals surface area contributed by atoms with Crippen LogP contribution in [0.1, 0.15) is 30.5 Å². The first-order chi connectivity index (χ1) is 9.52. The van der Waals surface area contributed by atoms with Crippen LogP contribution in [0.5, 0.6) is 0 Å². The molecule has 0 aliphatic carbocycles. The minimum absolute atomic E-state index is 0.185. The molecule has 0 unspecified atom stereocenters. The second-order valence-electron chi connectivity index (χ2n) is 5.64. The van der Waals surface area contributed by atoms with Crippen molar-refractivity contribution in [1.82, 2.24) is 15.1 Å². The number of primary amides is 1. The summed E-state index contributed by atoms with van der Waals surface area (Å²) in [5.41, 5.74) is 7.63. The average molecular weight is 279 g/mol. The van der Waals surface area contributed by atoms with E-state index in [-0.39, 0.29) is 5.91 Å². The third-order valence-electron chi connectivity index (χ3n) is 4.07. The summed E-state index contributed by atoms with van der Waals surface area (Å²) in [6.45, 7) is 4.81. The molecule has 0 atom stereocenters. The zero-order valence-corrected chi connectivity index (χ0v) is 12.6. The number of hydrogen-bond donors (Lipinski definition) is 2. The zero-order valence-electron chi connectivity index (χ0n) is 12.6. The van der Waals surface area contributed by atoms with Crippen molar-refractivity contribution in [3.63, 3.8) is 0 Å². The van der Waals surface area contributed by atoms with Gasteiger partial charge in [-0.05, 0) is 32.7 Å². The summed E-state index contributed by atoms with van der Waals surface area (Å²) in [7, 11) is 3.95. The molecule has 2 heterocycles. The lowest BCUT2D eigenvalue weighted by atomic mass is 9.93. The zero-order chi connectivity index (χ0) is 14.7. The molecule has 6 heteroatoms. The largest absolute Gasteiger partial charge is 0.370 e. The van der Waals surface area contributed by atoms with Gasteiger partial charge in [0.05, 0.1) is 5.69 Å². The highest BCUT2D eigenvalue weighted by atomic mass is 16.1. The number of nitrogens with two attached hydrogens (primary N) is 1. The molecule has 1 amide bonds. The Bertz CT molecular complexity index is 474. The molecule has 6 nitrogen and oxygen atoms in total. The number of nitrogens with zero attached hydrogens (tertiary/aromatic N) is 3. The third kappa shape index (κ3) is 3.12. The number of aryl methyl sites for hydroxylation is 2. The molecule has 1 aliphatic heterocycles. The van der Waals surface area contributed by atoms with Crippen LogP contribution in [0.4, 0.5) is 5.82 Å². The number of piperidine rings is 1. The number of nitrogens with one attached hydrogen (secondary N) is 1. The highest BCUT2D eigenvalue weighted by molar-refractivity contribution is 5.74. The van der Waals surface area contributed by atoms with Crippen LogP contribution in [0.3, 0.4) is 0 Å². The quantitative estimate of drug-likeness (QED) is 0.825. The predicted octanol–water partition coefficient (Wildman–Crippen LogP) is 0.540. The topological polar surface area (TPSA) is 76.2 Å². The van der Waals surface area contributed by atoms with Gasteiger partial charge in [0.25, 0.3) is 0 Å². The molecule has 0 radical (unpaired) electrons. The molecule has 0 saturated carbocycles. The lowest BCUT2D eigenvalue weighted by molar-refractivity contribution is -0.119. The molecule has 1 saturated heterocycles. The Morgan fingerprint density at radius 1 is 1.45 bits per heavy atom. The molecule has 0 aromatic carbocycles. The van der Waals surface area contributed by atoms with Gasteiger partial charge in [-0.3, -0.25) is 9.48 Å². The second kappa shape index (κ2) is 6.26. The van der Waals surface area contributed by atoms with Crippen LogP contribution in [-0.2, 0) is 18.4 Å². The van der Waals surface area contributed by atoms with Crippen molar-refractivity contribution in [2.75, 3.05) is 25.0 Å². The number of anilines is 1. The van der Waals surface area contributed by atoms with Gasteiger partial charge in [0.1, 0.15) is 5.82 Å². The molecule has 20 heavy (non-hydrogen) atoms. The van der Waals surface area contributed by atoms with Gasteiger partial charge < -0.3 is 16.0 Å². The molecule has 1 aliphatic rings. The molecule has 1 aromatic heterocycles. The predicted molar refractivity (Wildman–Crippen MR) is 79.5 cm³/mol. The summed E-state index contributed by atoms with van der Waals surface area (Å²) < 4.78 is 1.97. The fourth-order valence-corrected chi connectivity index (χ4v) is 3.10. The maximum absolute atomic E-state index is 11.0. The van der Waals surface area contributed by atoms with E-state index >= 15 is 0 Å². The van der Waals surface area contributed by atoms with Crippen LogP contribution in [0, 0.1) is 12.8 Å². The Morgan fingerprint density at radius 3 is 2.65 bits per heavy atom. The van der Waals surface area contributed by atoms with Crippen LogP contribution >= 0.6 is 0 Å². The highest BCUT2D eigenvalue weighted by Gasteiger charge is 2.25. The number of carbonyl (C=O) groups is 1. The van der Waals surface area contributed by atoms with E-state index in [9.17, 15) is 4.79 Å². The van der Waals surface area contributed by atoms with E-state index in [0.29, 0.717) is 12.3 Å². The summed E-state index contributed by atoms with van der Waals surface area (Å²) in [5.74, 6) is 1.45. The smallest absolute Gasteiger partial charge is 0.217 e. The van der Waals surface area contributed by atoms with Crippen LogP contribution < -0.4 is 16.0 Å². The fraction of sp³-hybridized carbons (Fsp3) is 0.714. The lowest BCUT2D eigenvalue weighted by Gasteiger charge is -2.33. The maximum Gasteiger partial charge on any atom is 0.217 e. The van der Waals surface area contributed by atoms with Crippen molar-refractivity contribution in [1.29, 1.82) is 0 Å². The highest BCUT2D eigenvalue weighted by Crippen LogP contribution is 2.28. The number of hydrogen-bond acceptors (Lipinski definition) is 4. The van der Waals surface area contributed by atoms with Crippen molar-refractivity contribution >= 4 is 11.7 Å². The number of aromatic nitrogens is 2. The van der Waals surface area contributed by atoms with Crippen LogP contribution in [0.15, 0.2) is 0 Å². The van der Waals surface area contributed by atoms with Crippen LogP contribution in [-0.4, -0.2) is 35.8 Å². The van der Waals surface area contributed by atoms with Gasteiger partial charge in [-0.1, -0.05) is 0 Å². The Balaban J connectivity index is 2.08. The van der Waals surface area contributed by atoms with Crippen molar-refractivity contribution in [3.8, 4) is 0 Å². The van der Waals surface area contributed by atoms with Crippen molar-refractivity contribution < 1.29 is 4.79 Å². The third-order valence-corrected chi connectivity index (χ3v) is 4.07. The second-order valence-corrected chi connectivity index (χ2v) is 5.64. The summed E-state index contributed by atoms with van der Waals surface area (Å²) >= 11 is 0. The molecule has 0 spiro atoms. The number of amides is 1. The number of rotatable bonds is 5. The normalized spacial score (nSPS) is 16.6. The van der Waals surface area contributed by atoms with E-state index in [4.69, 9.17) is 5.73 Å².